The largest absolute Gasteiger partial charge is 0.497 e. The SMILES string of the molecule is CCCCC(CN)NC(=O)C(NC(=O)c1ccc(OC)cc1)C(C)C. The van der Waals surface area contributed by atoms with Gasteiger partial charge >= 0.3 is 0 Å². The summed E-state index contributed by atoms with van der Waals surface area (Å²) >= 11 is 0. The number of nitrogens with one attached hydrogen (secondary N) is 2. The van der Waals surface area contributed by atoms with Gasteiger partial charge in [0.1, 0.15) is 11.8 Å². The van der Waals surface area contributed by atoms with Crippen LogP contribution in [0.15, 0.2) is 24.3 Å². The number of carbonyl (C=O) groups is 2. The average molecular weight is 349 g/mol. The van der Waals surface area contributed by atoms with E-state index < -0.39 is 6.04 Å². The molecule has 0 spiro atoms. The van der Waals surface area contributed by atoms with Crippen molar-refractivity contribution in [1.82, 2.24) is 10.6 Å². The Morgan fingerprint density at radius 1 is 1.16 bits per heavy atom. The first-order valence-corrected chi connectivity index (χ1v) is 8.88. The van der Waals surface area contributed by atoms with E-state index in [-0.39, 0.29) is 23.8 Å². The molecule has 25 heavy (non-hydrogen) atoms. The molecule has 0 heterocycles. The summed E-state index contributed by atoms with van der Waals surface area (Å²) in [5.74, 6) is 0.168. The van der Waals surface area contributed by atoms with Crippen LogP contribution in [0.3, 0.4) is 0 Å². The molecule has 0 aliphatic heterocycles. The Balaban J connectivity index is 2.74. The van der Waals surface area contributed by atoms with E-state index >= 15 is 0 Å². The second-order valence-corrected chi connectivity index (χ2v) is 6.51. The number of amides is 2. The minimum Gasteiger partial charge on any atom is -0.497 e. The molecule has 0 aliphatic carbocycles. The van der Waals surface area contributed by atoms with Crippen LogP contribution in [0.4, 0.5) is 0 Å². The van der Waals surface area contributed by atoms with Gasteiger partial charge in [0, 0.05) is 18.2 Å². The molecule has 0 radical (unpaired) electrons. The van der Waals surface area contributed by atoms with Gasteiger partial charge in [-0.1, -0.05) is 33.6 Å². The lowest BCUT2D eigenvalue weighted by molar-refractivity contribution is -0.124. The maximum absolute atomic E-state index is 12.6. The Morgan fingerprint density at radius 3 is 2.28 bits per heavy atom. The second-order valence-electron chi connectivity index (χ2n) is 6.51. The Bertz CT molecular complexity index is 543. The van der Waals surface area contributed by atoms with Gasteiger partial charge in [-0.05, 0) is 36.6 Å². The normalized spacial score (nSPS) is 13.2. The topological polar surface area (TPSA) is 93.5 Å². The molecular formula is C19H31N3O3. The van der Waals surface area contributed by atoms with Crippen molar-refractivity contribution < 1.29 is 14.3 Å². The number of unbranched alkanes of at least 4 members (excludes halogenated alkanes) is 1. The summed E-state index contributed by atoms with van der Waals surface area (Å²) in [4.78, 5) is 25.0. The molecule has 2 unspecified atom stereocenters. The molecule has 2 amide bonds. The molecule has 0 aliphatic rings. The highest BCUT2D eigenvalue weighted by atomic mass is 16.5. The number of hydrogen-bond acceptors (Lipinski definition) is 4. The summed E-state index contributed by atoms with van der Waals surface area (Å²) in [6.07, 6.45) is 2.90. The molecule has 0 fully saturated rings. The molecule has 1 rings (SSSR count). The van der Waals surface area contributed by atoms with E-state index in [2.05, 4.69) is 17.6 Å². The number of methoxy groups -OCH3 is 1. The molecule has 0 bridgehead atoms. The number of benzene rings is 1. The molecule has 1 aromatic carbocycles. The molecular weight excluding hydrogens is 318 g/mol. The van der Waals surface area contributed by atoms with E-state index in [0.717, 1.165) is 19.3 Å². The lowest BCUT2D eigenvalue weighted by atomic mass is 10.0. The van der Waals surface area contributed by atoms with Crippen LogP contribution < -0.4 is 21.1 Å². The fraction of sp³-hybridized carbons (Fsp3) is 0.579. The van der Waals surface area contributed by atoms with Crippen LogP contribution >= 0.6 is 0 Å². The Labute approximate surface area is 150 Å². The average Bonchev–Trinajstić information content (AvgIpc) is 2.62. The number of nitrogens with two attached hydrogens (primary N) is 1. The van der Waals surface area contributed by atoms with Gasteiger partial charge in [0.25, 0.3) is 5.91 Å². The Hall–Kier alpha value is -2.08. The van der Waals surface area contributed by atoms with Gasteiger partial charge in [-0.15, -0.1) is 0 Å². The standard InChI is InChI=1S/C19H31N3O3/c1-5-6-7-15(12-20)21-19(24)17(13(2)3)22-18(23)14-8-10-16(25-4)11-9-14/h8-11,13,15,17H,5-7,12,20H2,1-4H3,(H,21,24)(H,22,23). The number of hydrogen-bond donors (Lipinski definition) is 3. The lowest BCUT2D eigenvalue weighted by Crippen LogP contribution is -2.53. The minimum absolute atomic E-state index is 0.0354. The van der Waals surface area contributed by atoms with E-state index in [1.54, 1.807) is 31.4 Å². The summed E-state index contributed by atoms with van der Waals surface area (Å²) < 4.78 is 5.09. The first-order valence-electron chi connectivity index (χ1n) is 8.88. The van der Waals surface area contributed by atoms with Gasteiger partial charge in [-0.25, -0.2) is 0 Å². The third-order valence-corrected chi connectivity index (χ3v) is 4.12. The predicted molar refractivity (Wildman–Crippen MR) is 99.6 cm³/mol. The molecule has 0 saturated heterocycles. The van der Waals surface area contributed by atoms with E-state index in [1.807, 2.05) is 13.8 Å². The maximum atomic E-state index is 12.6. The van der Waals surface area contributed by atoms with Crippen molar-refractivity contribution in [3.05, 3.63) is 29.8 Å². The highest BCUT2D eigenvalue weighted by Crippen LogP contribution is 2.12. The third-order valence-electron chi connectivity index (χ3n) is 4.12. The number of carbonyl (C=O) groups excluding carboxylic acids is 2. The van der Waals surface area contributed by atoms with E-state index in [0.29, 0.717) is 17.9 Å². The predicted octanol–water partition coefficient (Wildman–Crippen LogP) is 2.08. The maximum Gasteiger partial charge on any atom is 0.251 e. The fourth-order valence-corrected chi connectivity index (χ4v) is 2.49. The van der Waals surface area contributed by atoms with Crippen LogP contribution in [0.25, 0.3) is 0 Å². The molecule has 6 heteroatoms. The van der Waals surface area contributed by atoms with Crippen molar-refractivity contribution in [1.29, 1.82) is 0 Å². The van der Waals surface area contributed by atoms with Gasteiger partial charge in [0.15, 0.2) is 0 Å². The zero-order valence-electron chi connectivity index (χ0n) is 15.7. The highest BCUT2D eigenvalue weighted by Gasteiger charge is 2.26. The Morgan fingerprint density at radius 2 is 1.80 bits per heavy atom. The summed E-state index contributed by atoms with van der Waals surface area (Å²) in [5.41, 5.74) is 6.23. The van der Waals surface area contributed by atoms with Gasteiger partial charge < -0.3 is 21.1 Å². The van der Waals surface area contributed by atoms with Gasteiger partial charge in [0.05, 0.1) is 7.11 Å². The van der Waals surface area contributed by atoms with E-state index in [4.69, 9.17) is 10.5 Å². The third kappa shape index (κ3) is 6.74. The summed E-state index contributed by atoms with van der Waals surface area (Å²) in [7, 11) is 1.57. The smallest absolute Gasteiger partial charge is 0.251 e. The minimum atomic E-state index is -0.606. The zero-order valence-corrected chi connectivity index (χ0v) is 15.7. The van der Waals surface area contributed by atoms with Crippen LogP contribution in [-0.4, -0.2) is 37.6 Å². The summed E-state index contributed by atoms with van der Waals surface area (Å²) in [6, 6.07) is 6.11. The first kappa shape index (κ1) is 21.0. The summed E-state index contributed by atoms with van der Waals surface area (Å²) in [6.45, 7) is 6.30. The van der Waals surface area contributed by atoms with Crippen LogP contribution in [0.5, 0.6) is 5.75 Å². The number of ether oxygens (including phenoxy) is 1. The second kappa shape index (κ2) is 10.7. The van der Waals surface area contributed by atoms with Crippen molar-refractivity contribution in [3.63, 3.8) is 0 Å². The van der Waals surface area contributed by atoms with Crippen molar-refractivity contribution in [2.75, 3.05) is 13.7 Å². The van der Waals surface area contributed by atoms with Crippen LogP contribution in [-0.2, 0) is 4.79 Å². The summed E-state index contributed by atoms with van der Waals surface area (Å²) in [5, 5.41) is 5.78. The quantitative estimate of drug-likeness (QED) is 0.603. The van der Waals surface area contributed by atoms with Crippen LogP contribution in [0, 0.1) is 5.92 Å². The molecule has 4 N–H and O–H groups in total. The van der Waals surface area contributed by atoms with E-state index in [1.165, 1.54) is 0 Å². The van der Waals surface area contributed by atoms with Crippen molar-refractivity contribution in [2.24, 2.45) is 11.7 Å². The van der Waals surface area contributed by atoms with Crippen LogP contribution in [0.2, 0.25) is 0 Å². The molecule has 140 valence electrons. The number of rotatable bonds is 10. The molecule has 1 aromatic rings. The van der Waals surface area contributed by atoms with Crippen molar-refractivity contribution >= 4 is 11.8 Å². The highest BCUT2D eigenvalue weighted by molar-refractivity contribution is 5.97. The van der Waals surface area contributed by atoms with Gasteiger partial charge in [0.2, 0.25) is 5.91 Å². The monoisotopic (exact) mass is 349 g/mol. The van der Waals surface area contributed by atoms with Crippen molar-refractivity contribution in [2.45, 2.75) is 52.1 Å². The fourth-order valence-electron chi connectivity index (χ4n) is 2.49. The zero-order chi connectivity index (χ0) is 18.8. The van der Waals surface area contributed by atoms with Crippen LogP contribution in [0.1, 0.15) is 50.4 Å². The van der Waals surface area contributed by atoms with Gasteiger partial charge in [-0.2, -0.15) is 0 Å². The molecule has 0 saturated carbocycles. The molecule has 6 nitrogen and oxygen atoms in total. The lowest BCUT2D eigenvalue weighted by Gasteiger charge is -2.25. The Kier molecular flexibility index (Phi) is 8.99. The molecule has 0 aromatic heterocycles. The van der Waals surface area contributed by atoms with Crippen molar-refractivity contribution in [3.8, 4) is 5.75 Å². The molecule has 2 atom stereocenters. The van der Waals surface area contributed by atoms with Gasteiger partial charge in [-0.3, -0.25) is 9.59 Å². The van der Waals surface area contributed by atoms with E-state index in [9.17, 15) is 9.59 Å². The first-order chi connectivity index (χ1) is 11.9.